The highest BCUT2D eigenvalue weighted by Crippen LogP contribution is 2.18. The van der Waals surface area contributed by atoms with Crippen LogP contribution in [0, 0.1) is 18.8 Å². The topological polar surface area (TPSA) is 64.3 Å². The van der Waals surface area contributed by atoms with Crippen LogP contribution in [0.5, 0.6) is 6.01 Å². The summed E-state index contributed by atoms with van der Waals surface area (Å²) in [5.41, 5.74) is 0.481. The molecule has 20 heavy (non-hydrogen) atoms. The summed E-state index contributed by atoms with van der Waals surface area (Å²) in [6, 6.07) is 5.54. The second-order valence-corrected chi connectivity index (χ2v) is 5.20. The Balaban J connectivity index is 2.30. The van der Waals surface area contributed by atoms with E-state index in [0.29, 0.717) is 18.2 Å². The molecule has 0 aromatic carbocycles. The summed E-state index contributed by atoms with van der Waals surface area (Å²) in [4.78, 5) is 18.0. The van der Waals surface area contributed by atoms with Gasteiger partial charge in [0.2, 0.25) is 0 Å². The van der Waals surface area contributed by atoms with Gasteiger partial charge < -0.3 is 9.84 Å². The van der Waals surface area contributed by atoms with Crippen LogP contribution in [-0.2, 0) is 6.54 Å². The molecule has 2 aromatic heterocycles. The molecule has 1 N–H and O–H groups in total. The average molecular weight is 290 g/mol. The Morgan fingerprint density at radius 2 is 2.30 bits per heavy atom. The summed E-state index contributed by atoms with van der Waals surface area (Å²) in [5, 5.41) is 8.66. The molecule has 2 aromatic rings. The number of ether oxygens (including phenoxy) is 1. The van der Waals surface area contributed by atoms with Gasteiger partial charge in [0.25, 0.3) is 11.6 Å². The number of thiophene rings is 1. The lowest BCUT2D eigenvalue weighted by Gasteiger charge is -2.09. The largest absolute Gasteiger partial charge is 0.468 e. The number of hydrogen-bond acceptors (Lipinski definition) is 5. The van der Waals surface area contributed by atoms with Crippen LogP contribution in [0.25, 0.3) is 0 Å². The third-order valence-corrected chi connectivity index (χ3v) is 3.54. The molecule has 6 heteroatoms. The van der Waals surface area contributed by atoms with Crippen molar-refractivity contribution in [2.24, 2.45) is 0 Å². The summed E-state index contributed by atoms with van der Waals surface area (Å²) in [6.07, 6.45) is 0. The van der Waals surface area contributed by atoms with E-state index in [9.17, 15) is 4.79 Å². The number of rotatable bonds is 3. The molecule has 0 unspecified atom stereocenters. The van der Waals surface area contributed by atoms with Gasteiger partial charge in [-0.1, -0.05) is 11.8 Å². The lowest BCUT2D eigenvalue weighted by atomic mass is 10.4. The first-order chi connectivity index (χ1) is 9.63. The third-order valence-electron chi connectivity index (χ3n) is 2.55. The molecule has 0 atom stereocenters. The van der Waals surface area contributed by atoms with Crippen LogP contribution in [0.1, 0.15) is 15.4 Å². The highest BCUT2D eigenvalue weighted by molar-refractivity contribution is 7.12. The molecule has 0 aliphatic rings. The van der Waals surface area contributed by atoms with E-state index in [0.717, 1.165) is 9.75 Å². The van der Waals surface area contributed by atoms with Crippen molar-refractivity contribution in [1.29, 1.82) is 0 Å². The molecule has 0 amide bonds. The van der Waals surface area contributed by atoms with E-state index >= 15 is 0 Å². The number of aliphatic hydroxyl groups is 1. The van der Waals surface area contributed by atoms with E-state index in [2.05, 4.69) is 16.8 Å². The molecule has 0 aliphatic heterocycles. The second kappa shape index (κ2) is 6.37. The lowest BCUT2D eigenvalue weighted by molar-refractivity contribution is 0.350. The van der Waals surface area contributed by atoms with Gasteiger partial charge in [-0.25, -0.2) is 4.98 Å². The minimum Gasteiger partial charge on any atom is -0.468 e. The first-order valence-corrected chi connectivity index (χ1v) is 6.76. The van der Waals surface area contributed by atoms with Gasteiger partial charge in [0.1, 0.15) is 6.61 Å². The highest BCUT2D eigenvalue weighted by atomic mass is 32.1. The maximum absolute atomic E-state index is 12.0. The molecule has 2 heterocycles. The molecule has 0 aliphatic carbocycles. The van der Waals surface area contributed by atoms with Crippen molar-refractivity contribution in [3.05, 3.63) is 44.0 Å². The van der Waals surface area contributed by atoms with Crippen LogP contribution in [-0.4, -0.2) is 28.4 Å². The maximum atomic E-state index is 12.0. The van der Waals surface area contributed by atoms with Gasteiger partial charge in [-0.2, -0.15) is 0 Å². The molecule has 104 valence electrons. The standard InChI is InChI=1S/C14H14N2O3S/c1-10-8-13(18)16(14(15-10)19-2)9-12-6-5-11(20-12)4-3-7-17/h5-6,8,17H,7,9H2,1-2H3. The van der Waals surface area contributed by atoms with Crippen molar-refractivity contribution in [2.75, 3.05) is 13.7 Å². The normalized spacial score (nSPS) is 9.95. The van der Waals surface area contributed by atoms with Crippen molar-refractivity contribution in [1.82, 2.24) is 9.55 Å². The Kier molecular flexibility index (Phi) is 4.56. The zero-order valence-corrected chi connectivity index (χ0v) is 12.0. The van der Waals surface area contributed by atoms with Crippen molar-refractivity contribution in [3.8, 4) is 17.9 Å². The fraction of sp³-hybridized carbons (Fsp3) is 0.286. The van der Waals surface area contributed by atoms with Crippen LogP contribution in [0.3, 0.4) is 0 Å². The molecule has 0 bridgehead atoms. The third kappa shape index (κ3) is 3.26. The minimum absolute atomic E-state index is 0.147. The molecule has 0 fully saturated rings. The van der Waals surface area contributed by atoms with Crippen molar-refractivity contribution in [2.45, 2.75) is 13.5 Å². The zero-order chi connectivity index (χ0) is 14.5. The van der Waals surface area contributed by atoms with Gasteiger partial charge in [0.15, 0.2) is 0 Å². The summed E-state index contributed by atoms with van der Waals surface area (Å²) in [5.74, 6) is 5.43. The summed E-state index contributed by atoms with van der Waals surface area (Å²) in [6.45, 7) is 1.98. The summed E-state index contributed by atoms with van der Waals surface area (Å²) >= 11 is 1.47. The Bertz CT molecular complexity index is 722. The molecular formula is C14H14N2O3S. The first-order valence-electron chi connectivity index (χ1n) is 5.95. The molecular weight excluding hydrogens is 276 g/mol. The fourth-order valence-corrected chi connectivity index (χ4v) is 2.58. The number of methoxy groups -OCH3 is 1. The van der Waals surface area contributed by atoms with Gasteiger partial charge in [0, 0.05) is 16.6 Å². The number of aliphatic hydroxyl groups excluding tert-OH is 1. The average Bonchev–Trinajstić information content (AvgIpc) is 2.86. The van der Waals surface area contributed by atoms with Gasteiger partial charge in [-0.3, -0.25) is 9.36 Å². The SMILES string of the molecule is COc1nc(C)cc(=O)n1Cc1ccc(C#CCO)s1. The number of aryl methyl sites for hydroxylation is 1. The molecule has 0 radical (unpaired) electrons. The van der Waals surface area contributed by atoms with E-state index in [-0.39, 0.29) is 12.2 Å². The summed E-state index contributed by atoms with van der Waals surface area (Å²) < 4.78 is 6.62. The van der Waals surface area contributed by atoms with Crippen LogP contribution in [0.2, 0.25) is 0 Å². The number of hydrogen-bond donors (Lipinski definition) is 1. The van der Waals surface area contributed by atoms with Crippen LogP contribution < -0.4 is 10.3 Å². The van der Waals surface area contributed by atoms with Gasteiger partial charge in [-0.15, -0.1) is 11.3 Å². The van der Waals surface area contributed by atoms with Gasteiger partial charge in [-0.05, 0) is 19.1 Å². The quantitative estimate of drug-likeness (QED) is 0.857. The lowest BCUT2D eigenvalue weighted by Crippen LogP contribution is -2.22. The predicted octanol–water partition coefficient (Wildman–Crippen LogP) is 1.01. The summed E-state index contributed by atoms with van der Waals surface area (Å²) in [7, 11) is 1.49. The van der Waals surface area contributed by atoms with E-state index in [1.165, 1.54) is 29.1 Å². The Hall–Kier alpha value is -2.10. The van der Waals surface area contributed by atoms with Crippen molar-refractivity contribution >= 4 is 11.3 Å². The number of nitrogens with zero attached hydrogens (tertiary/aromatic N) is 2. The molecule has 2 rings (SSSR count). The Morgan fingerprint density at radius 1 is 1.50 bits per heavy atom. The minimum atomic E-state index is -0.164. The van der Waals surface area contributed by atoms with E-state index < -0.39 is 0 Å². The van der Waals surface area contributed by atoms with Crippen molar-refractivity contribution < 1.29 is 9.84 Å². The monoisotopic (exact) mass is 290 g/mol. The van der Waals surface area contributed by atoms with E-state index in [1.807, 2.05) is 12.1 Å². The van der Waals surface area contributed by atoms with Crippen LogP contribution in [0.15, 0.2) is 23.0 Å². The molecule has 5 nitrogen and oxygen atoms in total. The molecule has 0 saturated heterocycles. The maximum Gasteiger partial charge on any atom is 0.299 e. The van der Waals surface area contributed by atoms with Crippen LogP contribution in [0.4, 0.5) is 0 Å². The predicted molar refractivity (Wildman–Crippen MR) is 77.2 cm³/mol. The van der Waals surface area contributed by atoms with Gasteiger partial charge in [0.05, 0.1) is 18.5 Å². The molecule has 0 saturated carbocycles. The van der Waals surface area contributed by atoms with Crippen molar-refractivity contribution in [3.63, 3.8) is 0 Å². The van der Waals surface area contributed by atoms with Crippen LogP contribution >= 0.6 is 11.3 Å². The van der Waals surface area contributed by atoms with Gasteiger partial charge >= 0.3 is 0 Å². The zero-order valence-electron chi connectivity index (χ0n) is 11.2. The second-order valence-electron chi connectivity index (χ2n) is 4.03. The molecule has 0 spiro atoms. The van der Waals surface area contributed by atoms with E-state index in [4.69, 9.17) is 9.84 Å². The fourth-order valence-electron chi connectivity index (χ4n) is 1.71. The Morgan fingerprint density at radius 3 is 3.00 bits per heavy atom. The highest BCUT2D eigenvalue weighted by Gasteiger charge is 2.09. The number of aromatic nitrogens is 2. The van der Waals surface area contributed by atoms with E-state index in [1.54, 1.807) is 6.92 Å². The Labute approximate surface area is 120 Å². The first kappa shape index (κ1) is 14.3. The smallest absolute Gasteiger partial charge is 0.299 e.